The minimum absolute atomic E-state index is 0. The summed E-state index contributed by atoms with van der Waals surface area (Å²) in [6.07, 6.45) is 2.21. The molecule has 4 aromatic rings. The number of methoxy groups -OCH3 is 2. The molecule has 4 aromatic carbocycles. The predicted octanol–water partition coefficient (Wildman–Crippen LogP) is 8.39. The van der Waals surface area contributed by atoms with E-state index in [4.69, 9.17) is 4.74 Å². The van der Waals surface area contributed by atoms with Gasteiger partial charge in [0.1, 0.15) is 17.2 Å². The lowest BCUT2D eigenvalue weighted by Gasteiger charge is -2.34. The standard InChI is InChI=1S/C20H23FN2O4S.C15H23N3O4S.C9H8BrFO2.CH4/c1-27-20(24)16-10-11-17(19(21)14-16)15-23(18-8-4-2-5-9-18)28(25,26)22-12-6-3-7-13-22;1-15(2,3)22-14(19)17-9-11-18(12-10-17)23(20,21)16-13-7-5-4-6-8-13;1-13-9(12)6-2-3-7(5-10)8(11)4-6;/h2,4-5,8-11,14H,3,6-7,12-13,15H2,1H3;4-8,16H,9-12H2,1-3H3;2-4H,5H2,1H3;1H4. The SMILES string of the molecule is C.CC(C)(C)OC(=O)N1CCN(S(=O)(=O)Nc2ccccc2)CC1.COC(=O)c1ccc(CBr)c(F)c1.COC(=O)c1ccc(CN(c2ccccc2)S(=O)(=O)N2CCCCC2)c(F)c1. The Kier molecular flexibility index (Phi) is 20.8. The van der Waals surface area contributed by atoms with Gasteiger partial charge in [-0.1, -0.05) is 78.3 Å². The van der Waals surface area contributed by atoms with Crippen LogP contribution in [-0.2, 0) is 46.5 Å². The molecule has 2 saturated heterocycles. The topological polar surface area (TPSA) is 172 Å². The van der Waals surface area contributed by atoms with Gasteiger partial charge in [0, 0.05) is 55.8 Å². The number of rotatable bonds is 11. The molecule has 356 valence electrons. The summed E-state index contributed by atoms with van der Waals surface area (Å²) in [7, 11) is -4.95. The van der Waals surface area contributed by atoms with Crippen LogP contribution in [0.2, 0.25) is 0 Å². The van der Waals surface area contributed by atoms with Crippen LogP contribution >= 0.6 is 15.9 Å². The number of hydrogen-bond acceptors (Lipinski definition) is 10. The lowest BCUT2D eigenvalue weighted by atomic mass is 10.1. The molecule has 65 heavy (non-hydrogen) atoms. The van der Waals surface area contributed by atoms with E-state index in [9.17, 15) is 40.0 Å². The number of nitrogens with zero attached hydrogens (tertiary/aromatic N) is 4. The summed E-state index contributed by atoms with van der Waals surface area (Å²) < 4.78 is 99.8. The zero-order valence-electron chi connectivity index (χ0n) is 36.3. The van der Waals surface area contributed by atoms with E-state index in [1.807, 2.05) is 6.07 Å². The molecule has 15 nitrogen and oxygen atoms in total. The number of halogens is 3. The Morgan fingerprint density at radius 2 is 1.18 bits per heavy atom. The van der Waals surface area contributed by atoms with Crippen molar-refractivity contribution in [1.29, 1.82) is 0 Å². The number of carbonyl (C=O) groups excluding carboxylic acids is 3. The first-order valence-corrected chi connectivity index (χ1v) is 24.2. The Labute approximate surface area is 390 Å². The number of para-hydroxylation sites is 2. The van der Waals surface area contributed by atoms with Gasteiger partial charge >= 0.3 is 38.5 Å². The maximum Gasteiger partial charge on any atom is 0.410 e. The summed E-state index contributed by atoms with van der Waals surface area (Å²) in [5.74, 6) is -2.23. The molecule has 0 saturated carbocycles. The number of alkyl halides is 1. The highest BCUT2D eigenvalue weighted by Crippen LogP contribution is 2.27. The predicted molar refractivity (Wildman–Crippen MR) is 250 cm³/mol. The number of amides is 1. The Balaban J connectivity index is 0.000000273. The van der Waals surface area contributed by atoms with Crippen LogP contribution < -0.4 is 9.03 Å². The van der Waals surface area contributed by atoms with Gasteiger partial charge in [0.25, 0.3) is 0 Å². The fourth-order valence-electron chi connectivity index (χ4n) is 6.27. The van der Waals surface area contributed by atoms with Crippen molar-refractivity contribution in [2.75, 3.05) is 62.5 Å². The van der Waals surface area contributed by atoms with Gasteiger partial charge in [0.2, 0.25) is 0 Å². The molecule has 0 aromatic heterocycles. The molecule has 2 aliphatic heterocycles. The van der Waals surface area contributed by atoms with E-state index >= 15 is 0 Å². The molecule has 0 atom stereocenters. The first kappa shape index (κ1) is 54.2. The van der Waals surface area contributed by atoms with Crippen LogP contribution in [0, 0.1) is 11.6 Å². The lowest BCUT2D eigenvalue weighted by Crippen LogP contribution is -2.52. The van der Waals surface area contributed by atoms with Crippen molar-refractivity contribution in [3.8, 4) is 0 Å². The van der Waals surface area contributed by atoms with Crippen molar-refractivity contribution in [3.63, 3.8) is 0 Å². The Morgan fingerprint density at radius 3 is 1.65 bits per heavy atom. The van der Waals surface area contributed by atoms with E-state index in [2.05, 4.69) is 30.1 Å². The van der Waals surface area contributed by atoms with E-state index in [1.54, 1.807) is 81.4 Å². The highest BCUT2D eigenvalue weighted by Gasteiger charge is 2.33. The van der Waals surface area contributed by atoms with Crippen molar-refractivity contribution in [2.45, 2.75) is 64.9 Å². The van der Waals surface area contributed by atoms with Crippen LogP contribution in [-0.4, -0.2) is 107 Å². The van der Waals surface area contributed by atoms with Crippen molar-refractivity contribution >= 4 is 65.8 Å². The molecule has 1 amide bonds. The fraction of sp³-hybridized carbons (Fsp3) is 0.400. The third-order valence-electron chi connectivity index (χ3n) is 9.62. The third kappa shape index (κ3) is 16.1. The summed E-state index contributed by atoms with van der Waals surface area (Å²) in [6.45, 7) is 7.24. The average Bonchev–Trinajstić information content (AvgIpc) is 3.28. The number of piperidine rings is 1. The fourth-order valence-corrected chi connectivity index (χ4v) is 9.62. The monoisotopic (exact) mass is 1010 g/mol. The number of hydrogen-bond donors (Lipinski definition) is 1. The molecule has 0 spiro atoms. The van der Waals surface area contributed by atoms with Gasteiger partial charge in [0.15, 0.2) is 0 Å². The molecule has 20 heteroatoms. The van der Waals surface area contributed by atoms with Gasteiger partial charge in [-0.15, -0.1) is 0 Å². The smallest absolute Gasteiger partial charge is 0.410 e. The molecule has 0 aliphatic carbocycles. The summed E-state index contributed by atoms with van der Waals surface area (Å²) in [5.41, 5.74) is 1.42. The quantitative estimate of drug-likeness (QED) is 0.0874. The van der Waals surface area contributed by atoms with E-state index in [0.29, 0.717) is 48.4 Å². The molecule has 0 radical (unpaired) electrons. The van der Waals surface area contributed by atoms with Crippen LogP contribution in [0.4, 0.5) is 25.0 Å². The number of nitrogens with one attached hydrogen (secondary N) is 1. The maximum atomic E-state index is 14.6. The summed E-state index contributed by atoms with van der Waals surface area (Å²) in [6, 6.07) is 25.5. The molecular formula is C45H58BrF2N5O10S2. The molecule has 2 fully saturated rings. The van der Waals surface area contributed by atoms with Crippen LogP contribution in [0.3, 0.4) is 0 Å². The van der Waals surface area contributed by atoms with E-state index in [1.165, 1.54) is 56.3 Å². The normalized spacial score (nSPS) is 14.5. The number of esters is 2. The van der Waals surface area contributed by atoms with Crippen LogP contribution in [0.1, 0.15) is 79.3 Å². The zero-order valence-corrected chi connectivity index (χ0v) is 39.6. The van der Waals surface area contributed by atoms with Crippen LogP contribution in [0.15, 0.2) is 97.1 Å². The van der Waals surface area contributed by atoms with Gasteiger partial charge in [0.05, 0.1) is 37.6 Å². The molecule has 1 N–H and O–H groups in total. The Bertz CT molecular complexity index is 2400. The average molecular weight is 1010 g/mol. The molecule has 0 unspecified atom stereocenters. The third-order valence-corrected chi connectivity index (χ3v) is 13.7. The van der Waals surface area contributed by atoms with E-state index in [-0.39, 0.29) is 43.8 Å². The van der Waals surface area contributed by atoms with Gasteiger partial charge in [-0.3, -0.25) is 9.03 Å². The van der Waals surface area contributed by atoms with Crippen molar-refractivity contribution in [3.05, 3.63) is 131 Å². The Hall–Kier alpha value is -5.15. The van der Waals surface area contributed by atoms with Gasteiger partial charge in [-0.05, 0) is 87.7 Å². The highest BCUT2D eigenvalue weighted by atomic mass is 79.9. The number of ether oxygens (including phenoxy) is 3. The maximum absolute atomic E-state index is 14.6. The Morgan fingerprint density at radius 1 is 0.692 bits per heavy atom. The minimum Gasteiger partial charge on any atom is -0.465 e. The summed E-state index contributed by atoms with van der Waals surface area (Å²) in [5, 5.41) is 0.431. The minimum atomic E-state index is -3.81. The molecular weight excluding hydrogens is 953 g/mol. The van der Waals surface area contributed by atoms with Crippen molar-refractivity contribution in [2.24, 2.45) is 0 Å². The van der Waals surface area contributed by atoms with Crippen LogP contribution in [0.5, 0.6) is 0 Å². The first-order chi connectivity index (χ1) is 30.3. The van der Waals surface area contributed by atoms with Crippen LogP contribution in [0.25, 0.3) is 0 Å². The number of anilines is 2. The number of piperazine rings is 1. The molecule has 6 rings (SSSR count). The lowest BCUT2D eigenvalue weighted by molar-refractivity contribution is 0.0192. The summed E-state index contributed by atoms with van der Waals surface area (Å²) in [4.78, 5) is 36.1. The first-order valence-electron chi connectivity index (χ1n) is 20.2. The second-order valence-corrected chi connectivity index (χ2v) is 19.5. The number of carbonyl (C=O) groups is 3. The van der Waals surface area contributed by atoms with Gasteiger partial charge in [-0.2, -0.15) is 25.4 Å². The molecule has 2 aliphatic rings. The second-order valence-electron chi connectivity index (χ2n) is 15.4. The highest BCUT2D eigenvalue weighted by molar-refractivity contribution is 9.08. The second kappa shape index (κ2) is 24.9. The van der Waals surface area contributed by atoms with E-state index in [0.717, 1.165) is 25.3 Å². The van der Waals surface area contributed by atoms with Crippen molar-refractivity contribution in [1.82, 2.24) is 13.5 Å². The van der Waals surface area contributed by atoms with E-state index < -0.39 is 55.7 Å². The van der Waals surface area contributed by atoms with Gasteiger partial charge < -0.3 is 19.1 Å². The number of benzene rings is 4. The zero-order chi connectivity index (χ0) is 47.1. The van der Waals surface area contributed by atoms with Crippen molar-refractivity contribution < 1.29 is 54.2 Å². The summed E-state index contributed by atoms with van der Waals surface area (Å²) >= 11 is 3.13. The molecule has 2 heterocycles. The van der Waals surface area contributed by atoms with Gasteiger partial charge in [-0.25, -0.2) is 23.2 Å². The largest absolute Gasteiger partial charge is 0.465 e. The molecule has 0 bridgehead atoms.